The summed E-state index contributed by atoms with van der Waals surface area (Å²) in [6, 6.07) is 8.76. The number of sulfonamides is 1. The molecule has 0 aliphatic carbocycles. The predicted octanol–water partition coefficient (Wildman–Crippen LogP) is 4.05. The van der Waals surface area contributed by atoms with Crippen LogP contribution in [0.15, 0.2) is 41.3 Å². The molecule has 5 nitrogen and oxygen atoms in total. The number of hydrogen-bond donors (Lipinski definition) is 1. The van der Waals surface area contributed by atoms with Gasteiger partial charge < -0.3 is 9.47 Å². The predicted molar refractivity (Wildman–Crippen MR) is 94.7 cm³/mol. The summed E-state index contributed by atoms with van der Waals surface area (Å²) in [5, 5.41) is 0.878. The fourth-order valence-electron chi connectivity index (χ4n) is 2.20. The van der Waals surface area contributed by atoms with E-state index in [1.165, 1.54) is 32.4 Å². The van der Waals surface area contributed by atoms with Crippen molar-refractivity contribution in [3.63, 3.8) is 0 Å². The van der Waals surface area contributed by atoms with Gasteiger partial charge in [0.2, 0.25) is 10.0 Å². The average Bonchev–Trinajstić information content (AvgIpc) is 2.53. The molecule has 0 fully saturated rings. The van der Waals surface area contributed by atoms with E-state index in [2.05, 4.69) is 4.72 Å². The third-order valence-electron chi connectivity index (χ3n) is 3.43. The van der Waals surface area contributed by atoms with Crippen LogP contribution in [0.5, 0.6) is 11.5 Å². The highest BCUT2D eigenvalue weighted by Gasteiger charge is 2.21. The van der Waals surface area contributed by atoms with Crippen molar-refractivity contribution >= 4 is 33.2 Å². The molecule has 0 amide bonds. The fraction of sp³-hybridized carbons (Fsp3) is 0.250. The van der Waals surface area contributed by atoms with Crippen LogP contribution in [-0.4, -0.2) is 22.6 Å². The van der Waals surface area contributed by atoms with Crippen LogP contribution in [0.4, 0.5) is 0 Å². The fourth-order valence-corrected chi connectivity index (χ4v) is 4.01. The summed E-state index contributed by atoms with van der Waals surface area (Å²) in [5.41, 5.74) is 0.630. The lowest BCUT2D eigenvalue weighted by Gasteiger charge is -2.17. The molecule has 0 saturated heterocycles. The topological polar surface area (TPSA) is 64.6 Å². The molecule has 2 rings (SSSR count). The highest BCUT2D eigenvalue weighted by Crippen LogP contribution is 2.31. The van der Waals surface area contributed by atoms with Crippen molar-refractivity contribution in [1.82, 2.24) is 4.72 Å². The van der Waals surface area contributed by atoms with Crippen molar-refractivity contribution in [2.24, 2.45) is 0 Å². The molecule has 0 aliphatic rings. The first kappa shape index (κ1) is 18.9. The van der Waals surface area contributed by atoms with Gasteiger partial charge in [-0.1, -0.05) is 29.3 Å². The highest BCUT2D eigenvalue weighted by atomic mass is 35.5. The maximum absolute atomic E-state index is 12.6. The Morgan fingerprint density at radius 2 is 1.67 bits per heavy atom. The van der Waals surface area contributed by atoms with Gasteiger partial charge in [0.1, 0.15) is 0 Å². The Hall–Kier alpha value is -1.47. The van der Waals surface area contributed by atoms with E-state index in [0.29, 0.717) is 27.1 Å². The van der Waals surface area contributed by atoms with Gasteiger partial charge in [-0.15, -0.1) is 0 Å². The first-order valence-corrected chi connectivity index (χ1v) is 9.21. The second-order valence-electron chi connectivity index (χ2n) is 5.03. The Balaban J connectivity index is 2.30. The molecule has 0 heterocycles. The zero-order chi connectivity index (χ0) is 17.9. The second kappa shape index (κ2) is 7.61. The molecule has 24 heavy (non-hydrogen) atoms. The summed E-state index contributed by atoms with van der Waals surface area (Å²) >= 11 is 12.0. The molecule has 0 bridgehead atoms. The zero-order valence-electron chi connectivity index (χ0n) is 13.3. The molecule has 0 unspecified atom stereocenters. The molecule has 2 aromatic rings. The molecule has 0 spiro atoms. The summed E-state index contributed by atoms with van der Waals surface area (Å²) < 4.78 is 38.0. The number of benzene rings is 2. The van der Waals surface area contributed by atoms with Gasteiger partial charge >= 0.3 is 0 Å². The van der Waals surface area contributed by atoms with E-state index >= 15 is 0 Å². The lowest BCUT2D eigenvalue weighted by Crippen LogP contribution is -2.27. The molecule has 2 aromatic carbocycles. The van der Waals surface area contributed by atoms with E-state index in [1.54, 1.807) is 25.1 Å². The lowest BCUT2D eigenvalue weighted by molar-refractivity contribution is 0.354. The lowest BCUT2D eigenvalue weighted by atomic mass is 10.1. The van der Waals surface area contributed by atoms with Crippen LogP contribution in [0.2, 0.25) is 10.0 Å². The van der Waals surface area contributed by atoms with Crippen LogP contribution >= 0.6 is 23.2 Å². The number of methoxy groups -OCH3 is 2. The van der Waals surface area contributed by atoms with Crippen molar-refractivity contribution in [2.75, 3.05) is 14.2 Å². The van der Waals surface area contributed by atoms with E-state index in [0.717, 1.165) is 0 Å². The maximum Gasteiger partial charge on any atom is 0.241 e. The maximum atomic E-state index is 12.6. The minimum absolute atomic E-state index is 0.0667. The van der Waals surface area contributed by atoms with Crippen LogP contribution in [0.25, 0.3) is 0 Å². The molecule has 8 heteroatoms. The number of halogens is 2. The molecule has 1 N–H and O–H groups in total. The summed E-state index contributed by atoms with van der Waals surface area (Å²) in [6.45, 7) is 1.70. The molecular weight excluding hydrogens is 373 g/mol. The van der Waals surface area contributed by atoms with Crippen LogP contribution < -0.4 is 14.2 Å². The van der Waals surface area contributed by atoms with Crippen molar-refractivity contribution in [2.45, 2.75) is 17.9 Å². The van der Waals surface area contributed by atoms with E-state index in [4.69, 9.17) is 32.7 Å². The van der Waals surface area contributed by atoms with Gasteiger partial charge in [0, 0.05) is 22.2 Å². The van der Waals surface area contributed by atoms with Crippen LogP contribution in [0.3, 0.4) is 0 Å². The number of rotatable bonds is 6. The van der Waals surface area contributed by atoms with Gasteiger partial charge in [-0.3, -0.25) is 0 Å². The molecule has 0 aromatic heterocycles. The van der Waals surface area contributed by atoms with Gasteiger partial charge in [-0.2, -0.15) is 0 Å². The third kappa shape index (κ3) is 4.13. The van der Waals surface area contributed by atoms with Gasteiger partial charge in [-0.25, -0.2) is 13.1 Å². The SMILES string of the molecule is COc1ccc(S(=O)(=O)N[C@H](C)c2ccc(Cl)cc2Cl)cc1OC. The standard InChI is InChI=1S/C16H17Cl2NO4S/c1-10(13-6-4-11(17)8-14(13)18)19-24(20,21)12-5-7-15(22-2)16(9-12)23-3/h4-10,19H,1-3H3/t10-/m1/s1. The molecule has 1 atom stereocenters. The largest absolute Gasteiger partial charge is 0.493 e. The summed E-state index contributed by atoms with van der Waals surface area (Å²) in [6.07, 6.45) is 0. The van der Waals surface area contributed by atoms with Gasteiger partial charge in [0.05, 0.1) is 19.1 Å². The Morgan fingerprint density at radius 1 is 1.00 bits per heavy atom. The summed E-state index contributed by atoms with van der Waals surface area (Å²) in [5.74, 6) is 0.780. The number of hydrogen-bond acceptors (Lipinski definition) is 4. The van der Waals surface area contributed by atoms with E-state index in [9.17, 15) is 8.42 Å². The first-order chi connectivity index (χ1) is 11.3. The molecule has 0 radical (unpaired) electrons. The van der Waals surface area contributed by atoms with E-state index in [1.807, 2.05) is 0 Å². The summed E-state index contributed by atoms with van der Waals surface area (Å²) in [4.78, 5) is 0.0667. The van der Waals surface area contributed by atoms with Crippen molar-refractivity contribution in [3.05, 3.63) is 52.0 Å². The highest BCUT2D eigenvalue weighted by molar-refractivity contribution is 7.89. The van der Waals surface area contributed by atoms with Crippen LogP contribution in [0.1, 0.15) is 18.5 Å². The second-order valence-corrected chi connectivity index (χ2v) is 7.58. The van der Waals surface area contributed by atoms with Crippen LogP contribution in [0, 0.1) is 0 Å². The van der Waals surface area contributed by atoms with Crippen LogP contribution in [-0.2, 0) is 10.0 Å². The summed E-state index contributed by atoms with van der Waals surface area (Å²) in [7, 11) is -0.846. The zero-order valence-corrected chi connectivity index (χ0v) is 15.7. The number of nitrogens with one attached hydrogen (secondary N) is 1. The Bertz CT molecular complexity index is 840. The molecular formula is C16H17Cl2NO4S. The monoisotopic (exact) mass is 389 g/mol. The normalized spacial score (nSPS) is 12.7. The Labute approximate surface area is 151 Å². The smallest absolute Gasteiger partial charge is 0.241 e. The molecule has 130 valence electrons. The Morgan fingerprint density at radius 3 is 2.25 bits per heavy atom. The minimum atomic E-state index is -3.77. The molecule has 0 aliphatic heterocycles. The van der Waals surface area contributed by atoms with Crippen molar-refractivity contribution in [1.29, 1.82) is 0 Å². The molecule has 0 saturated carbocycles. The first-order valence-electron chi connectivity index (χ1n) is 6.98. The quantitative estimate of drug-likeness (QED) is 0.808. The third-order valence-corrected chi connectivity index (χ3v) is 5.53. The van der Waals surface area contributed by atoms with Crippen molar-refractivity contribution in [3.8, 4) is 11.5 Å². The van der Waals surface area contributed by atoms with Gasteiger partial charge in [0.15, 0.2) is 11.5 Å². The van der Waals surface area contributed by atoms with Gasteiger partial charge in [0.25, 0.3) is 0 Å². The van der Waals surface area contributed by atoms with E-state index in [-0.39, 0.29) is 4.90 Å². The Kier molecular flexibility index (Phi) is 5.98. The average molecular weight is 390 g/mol. The minimum Gasteiger partial charge on any atom is -0.493 e. The number of ether oxygens (including phenoxy) is 2. The van der Waals surface area contributed by atoms with Crippen molar-refractivity contribution < 1.29 is 17.9 Å². The van der Waals surface area contributed by atoms with E-state index < -0.39 is 16.1 Å². The van der Waals surface area contributed by atoms with Gasteiger partial charge in [-0.05, 0) is 36.8 Å².